The Bertz CT molecular complexity index is 740. The Morgan fingerprint density at radius 1 is 1.43 bits per heavy atom. The maximum Gasteiger partial charge on any atom is 0.270 e. The third-order valence-corrected chi connectivity index (χ3v) is 3.65. The molecule has 8 heteroatoms. The lowest BCUT2D eigenvalue weighted by atomic mass is 10.1. The molecule has 0 fully saturated rings. The average Bonchev–Trinajstić information content (AvgIpc) is 2.91. The van der Waals surface area contributed by atoms with Crippen molar-refractivity contribution in [1.82, 2.24) is 10.2 Å². The number of carbonyl (C=O) groups is 1. The Morgan fingerprint density at radius 3 is 2.91 bits per heavy atom. The first-order chi connectivity index (χ1) is 10.9. The molecule has 1 aromatic heterocycles. The van der Waals surface area contributed by atoms with Gasteiger partial charge in [-0.2, -0.15) is 0 Å². The van der Waals surface area contributed by atoms with E-state index in [-0.39, 0.29) is 11.6 Å². The van der Waals surface area contributed by atoms with Crippen molar-refractivity contribution >= 4 is 34.1 Å². The number of nitro groups is 1. The summed E-state index contributed by atoms with van der Waals surface area (Å²) in [5.41, 5.74) is 0.558. The summed E-state index contributed by atoms with van der Waals surface area (Å²) in [4.78, 5) is 22.1. The average molecular weight is 332 g/mol. The SMILES string of the molecule is CC(C)Cc1nnc(NC(=O)C=Cc2cccc([N+](=O)[O-])c2)s1. The largest absolute Gasteiger partial charge is 0.297 e. The highest BCUT2D eigenvalue weighted by atomic mass is 32.1. The fraction of sp³-hybridized carbons (Fsp3) is 0.267. The molecule has 0 aliphatic rings. The fourth-order valence-corrected chi connectivity index (χ4v) is 2.75. The van der Waals surface area contributed by atoms with Gasteiger partial charge in [-0.1, -0.05) is 37.3 Å². The second-order valence-electron chi connectivity index (χ2n) is 5.27. The fourth-order valence-electron chi connectivity index (χ4n) is 1.80. The van der Waals surface area contributed by atoms with Gasteiger partial charge in [0.2, 0.25) is 11.0 Å². The molecule has 0 aliphatic carbocycles. The smallest absolute Gasteiger partial charge is 0.270 e. The van der Waals surface area contributed by atoms with Gasteiger partial charge < -0.3 is 0 Å². The van der Waals surface area contributed by atoms with Gasteiger partial charge in [-0.3, -0.25) is 20.2 Å². The molecule has 2 aromatic rings. The summed E-state index contributed by atoms with van der Waals surface area (Å²) in [5.74, 6) is 0.115. The number of hydrogen-bond donors (Lipinski definition) is 1. The molecule has 2 rings (SSSR count). The summed E-state index contributed by atoms with van der Waals surface area (Å²) in [6, 6.07) is 6.05. The number of non-ortho nitro benzene ring substituents is 1. The number of anilines is 1. The molecule has 0 saturated heterocycles. The first-order valence-corrected chi connectivity index (χ1v) is 7.81. The first-order valence-electron chi connectivity index (χ1n) is 7.00. The van der Waals surface area contributed by atoms with Crippen LogP contribution in [0.15, 0.2) is 30.3 Å². The van der Waals surface area contributed by atoms with E-state index in [0.29, 0.717) is 16.6 Å². The molecule has 0 saturated carbocycles. The van der Waals surface area contributed by atoms with E-state index >= 15 is 0 Å². The van der Waals surface area contributed by atoms with Crippen LogP contribution in [0.25, 0.3) is 6.08 Å². The molecule has 1 heterocycles. The van der Waals surface area contributed by atoms with Gasteiger partial charge in [0.1, 0.15) is 5.01 Å². The van der Waals surface area contributed by atoms with Gasteiger partial charge in [0.05, 0.1) is 4.92 Å². The minimum Gasteiger partial charge on any atom is -0.297 e. The molecule has 0 spiro atoms. The number of hydrogen-bond acceptors (Lipinski definition) is 6. The lowest BCUT2D eigenvalue weighted by molar-refractivity contribution is -0.384. The number of nitrogens with zero attached hydrogens (tertiary/aromatic N) is 3. The number of rotatable bonds is 6. The topological polar surface area (TPSA) is 98.0 Å². The van der Waals surface area contributed by atoms with Crippen LogP contribution in [0.1, 0.15) is 24.4 Å². The summed E-state index contributed by atoms with van der Waals surface area (Å²) in [7, 11) is 0. The van der Waals surface area contributed by atoms with Gasteiger partial charge in [0, 0.05) is 24.6 Å². The number of benzene rings is 1. The van der Waals surface area contributed by atoms with E-state index in [1.165, 1.54) is 35.6 Å². The van der Waals surface area contributed by atoms with Crippen LogP contribution in [0.3, 0.4) is 0 Å². The quantitative estimate of drug-likeness (QED) is 0.497. The molecule has 1 amide bonds. The summed E-state index contributed by atoms with van der Waals surface area (Å²) in [6.45, 7) is 4.17. The van der Waals surface area contributed by atoms with Crippen LogP contribution in [0.4, 0.5) is 10.8 Å². The highest BCUT2D eigenvalue weighted by molar-refractivity contribution is 7.15. The summed E-state index contributed by atoms with van der Waals surface area (Å²) >= 11 is 1.34. The molecule has 1 N–H and O–H groups in total. The van der Waals surface area contributed by atoms with Crippen molar-refractivity contribution in [2.75, 3.05) is 5.32 Å². The molecule has 0 aliphatic heterocycles. The Morgan fingerprint density at radius 2 is 2.22 bits per heavy atom. The zero-order valence-corrected chi connectivity index (χ0v) is 13.5. The second-order valence-corrected chi connectivity index (χ2v) is 6.34. The number of nitrogens with one attached hydrogen (secondary N) is 1. The van der Waals surface area contributed by atoms with Gasteiger partial charge in [0.15, 0.2) is 0 Å². The predicted octanol–water partition coefficient (Wildman–Crippen LogP) is 3.30. The molecule has 1 aromatic carbocycles. The molecule has 120 valence electrons. The van der Waals surface area contributed by atoms with Crippen LogP contribution in [0, 0.1) is 16.0 Å². The maximum atomic E-state index is 11.8. The lowest BCUT2D eigenvalue weighted by Gasteiger charge is -1.97. The van der Waals surface area contributed by atoms with Crippen LogP contribution >= 0.6 is 11.3 Å². The van der Waals surface area contributed by atoms with E-state index in [1.807, 2.05) is 0 Å². The number of nitro benzene ring substituents is 1. The number of carbonyl (C=O) groups excluding carboxylic acids is 1. The van der Waals surface area contributed by atoms with Crippen LogP contribution < -0.4 is 5.32 Å². The molecular weight excluding hydrogens is 316 g/mol. The Kier molecular flexibility index (Phi) is 5.53. The highest BCUT2D eigenvalue weighted by Crippen LogP contribution is 2.18. The summed E-state index contributed by atoms with van der Waals surface area (Å²) in [5, 5.41) is 22.6. The van der Waals surface area contributed by atoms with E-state index in [2.05, 4.69) is 29.4 Å². The lowest BCUT2D eigenvalue weighted by Crippen LogP contribution is -2.07. The van der Waals surface area contributed by atoms with E-state index in [0.717, 1.165) is 11.4 Å². The molecule has 7 nitrogen and oxygen atoms in total. The van der Waals surface area contributed by atoms with E-state index < -0.39 is 4.92 Å². The molecule has 0 unspecified atom stereocenters. The van der Waals surface area contributed by atoms with E-state index in [1.54, 1.807) is 12.1 Å². The van der Waals surface area contributed by atoms with Crippen molar-refractivity contribution in [2.45, 2.75) is 20.3 Å². The normalized spacial score (nSPS) is 11.1. The molecule has 0 atom stereocenters. The first kappa shape index (κ1) is 16.8. The molecule has 0 radical (unpaired) electrons. The monoisotopic (exact) mass is 332 g/mol. The van der Waals surface area contributed by atoms with Crippen LogP contribution in [-0.4, -0.2) is 21.0 Å². The van der Waals surface area contributed by atoms with Gasteiger partial charge in [-0.05, 0) is 17.6 Å². The molecular formula is C15H16N4O3S. The Labute approximate surface area is 137 Å². The van der Waals surface area contributed by atoms with E-state index in [4.69, 9.17) is 0 Å². The third kappa shape index (κ3) is 5.26. The Hall–Kier alpha value is -2.61. The number of aromatic nitrogens is 2. The van der Waals surface area contributed by atoms with Crippen LogP contribution in [0.2, 0.25) is 0 Å². The van der Waals surface area contributed by atoms with Crippen molar-refractivity contribution < 1.29 is 9.72 Å². The van der Waals surface area contributed by atoms with Crippen molar-refractivity contribution in [3.8, 4) is 0 Å². The van der Waals surface area contributed by atoms with Gasteiger partial charge in [-0.25, -0.2) is 0 Å². The Balaban J connectivity index is 1.97. The van der Waals surface area contributed by atoms with Crippen molar-refractivity contribution in [3.63, 3.8) is 0 Å². The highest BCUT2D eigenvalue weighted by Gasteiger charge is 2.08. The van der Waals surface area contributed by atoms with Crippen molar-refractivity contribution in [1.29, 1.82) is 0 Å². The third-order valence-electron chi connectivity index (χ3n) is 2.79. The van der Waals surface area contributed by atoms with E-state index in [9.17, 15) is 14.9 Å². The zero-order valence-electron chi connectivity index (χ0n) is 12.7. The summed E-state index contributed by atoms with van der Waals surface area (Å²) in [6.07, 6.45) is 3.64. The van der Waals surface area contributed by atoms with Crippen LogP contribution in [-0.2, 0) is 11.2 Å². The zero-order chi connectivity index (χ0) is 16.8. The minimum absolute atomic E-state index is 0.0185. The van der Waals surface area contributed by atoms with Gasteiger partial charge in [0.25, 0.3) is 5.69 Å². The standard InChI is InChI=1S/C15H16N4O3S/c1-10(2)8-14-17-18-15(23-14)16-13(20)7-6-11-4-3-5-12(9-11)19(21)22/h3-7,9-10H,8H2,1-2H3,(H,16,18,20). The number of amides is 1. The minimum atomic E-state index is -0.477. The second kappa shape index (κ2) is 7.59. The van der Waals surface area contributed by atoms with Crippen LogP contribution in [0.5, 0.6) is 0 Å². The van der Waals surface area contributed by atoms with Crippen molar-refractivity contribution in [3.05, 3.63) is 51.0 Å². The molecule has 0 bridgehead atoms. The van der Waals surface area contributed by atoms with Gasteiger partial charge in [-0.15, -0.1) is 10.2 Å². The summed E-state index contributed by atoms with van der Waals surface area (Å²) < 4.78 is 0. The molecule has 23 heavy (non-hydrogen) atoms. The predicted molar refractivity (Wildman–Crippen MR) is 89.2 cm³/mol. The van der Waals surface area contributed by atoms with Gasteiger partial charge >= 0.3 is 0 Å². The maximum absolute atomic E-state index is 11.8. The van der Waals surface area contributed by atoms with Crippen molar-refractivity contribution in [2.24, 2.45) is 5.92 Å².